The zero-order valence-corrected chi connectivity index (χ0v) is 20.8. The van der Waals surface area contributed by atoms with Crippen molar-refractivity contribution in [2.75, 3.05) is 22.9 Å². The smallest absolute Gasteiger partial charge is 0.0313 e. The van der Waals surface area contributed by atoms with Crippen LogP contribution in [0.5, 0.6) is 0 Å². The Kier molecular flexibility index (Phi) is 28.0. The summed E-state index contributed by atoms with van der Waals surface area (Å²) in [7, 11) is 0. The van der Waals surface area contributed by atoms with Gasteiger partial charge >= 0.3 is 0 Å². The van der Waals surface area contributed by atoms with Crippen LogP contribution in [-0.4, -0.2) is 0 Å². The van der Waals surface area contributed by atoms with Crippen LogP contribution in [0.15, 0.2) is 121 Å². The predicted molar refractivity (Wildman–Crippen MR) is 152 cm³/mol. The van der Waals surface area contributed by atoms with Crippen molar-refractivity contribution < 1.29 is 0 Å². The fourth-order valence-corrected chi connectivity index (χ4v) is 1.81. The number of anilines is 4. The van der Waals surface area contributed by atoms with Gasteiger partial charge in [-0.3, -0.25) is 0 Å². The largest absolute Gasteiger partial charge is 0.399 e. The molecule has 0 radical (unpaired) electrons. The lowest BCUT2D eigenvalue weighted by molar-refractivity contribution is 1.69. The van der Waals surface area contributed by atoms with E-state index < -0.39 is 0 Å². The summed E-state index contributed by atoms with van der Waals surface area (Å²) in [4.78, 5) is 0. The number of hydrogen-bond acceptors (Lipinski definition) is 4. The first-order valence-corrected chi connectivity index (χ1v) is 8.80. The average Bonchev–Trinajstić information content (AvgIpc) is 2.72. The molecule has 32 heavy (non-hydrogen) atoms. The number of hydrogen-bond donors (Lipinski definition) is 4. The van der Waals surface area contributed by atoms with E-state index in [2.05, 4.69) is 0 Å². The Morgan fingerprint density at radius 3 is 0.438 bits per heavy atom. The summed E-state index contributed by atoms with van der Waals surface area (Å²) in [5.74, 6) is 0. The number of halogens is 4. The number of para-hydroxylation sites is 4. The third-order valence-corrected chi connectivity index (χ3v) is 3.20. The van der Waals surface area contributed by atoms with Crippen molar-refractivity contribution in [3.8, 4) is 0 Å². The molecule has 8 heteroatoms. The Morgan fingerprint density at radius 2 is 0.375 bits per heavy atom. The van der Waals surface area contributed by atoms with Crippen LogP contribution in [0.4, 0.5) is 22.7 Å². The molecule has 176 valence electrons. The predicted octanol–water partition coefficient (Wildman–Crippen LogP) is 6.76. The molecule has 4 nitrogen and oxygen atoms in total. The van der Waals surface area contributed by atoms with Crippen molar-refractivity contribution in [2.45, 2.75) is 0 Å². The van der Waals surface area contributed by atoms with Crippen molar-refractivity contribution in [3.63, 3.8) is 0 Å². The SMILES string of the molecule is Cl.Cl.Cl.Cl.Nc1ccccc1.Nc1ccccc1.Nc1ccccc1.Nc1ccccc1. The maximum absolute atomic E-state index is 5.36. The van der Waals surface area contributed by atoms with E-state index in [1.165, 1.54) is 0 Å². The quantitative estimate of drug-likeness (QED) is 0.193. The number of benzene rings is 4. The molecule has 4 aromatic rings. The van der Waals surface area contributed by atoms with Crippen LogP contribution in [0, 0.1) is 0 Å². The molecule has 4 aromatic carbocycles. The van der Waals surface area contributed by atoms with E-state index in [0.29, 0.717) is 0 Å². The van der Waals surface area contributed by atoms with Gasteiger partial charge in [-0.05, 0) is 48.5 Å². The lowest BCUT2D eigenvalue weighted by atomic mass is 10.3. The van der Waals surface area contributed by atoms with Gasteiger partial charge in [0.25, 0.3) is 0 Å². The summed E-state index contributed by atoms with van der Waals surface area (Å²) < 4.78 is 0. The van der Waals surface area contributed by atoms with Crippen LogP contribution in [-0.2, 0) is 0 Å². The van der Waals surface area contributed by atoms with E-state index in [4.69, 9.17) is 22.9 Å². The molecule has 0 aliphatic heterocycles. The Morgan fingerprint density at radius 1 is 0.250 bits per heavy atom. The third kappa shape index (κ3) is 21.9. The highest BCUT2D eigenvalue weighted by Crippen LogP contribution is 1.97. The highest BCUT2D eigenvalue weighted by Gasteiger charge is 1.74. The van der Waals surface area contributed by atoms with Gasteiger partial charge in [0.05, 0.1) is 0 Å². The molecule has 0 aromatic heterocycles. The van der Waals surface area contributed by atoms with Crippen LogP contribution in [0.1, 0.15) is 0 Å². The van der Waals surface area contributed by atoms with E-state index >= 15 is 0 Å². The number of rotatable bonds is 0. The topological polar surface area (TPSA) is 104 Å². The van der Waals surface area contributed by atoms with Crippen LogP contribution >= 0.6 is 49.6 Å². The van der Waals surface area contributed by atoms with Crippen LogP contribution in [0.3, 0.4) is 0 Å². The fourth-order valence-electron chi connectivity index (χ4n) is 1.81. The summed E-state index contributed by atoms with van der Waals surface area (Å²) in [6.07, 6.45) is 0. The van der Waals surface area contributed by atoms with Crippen LogP contribution < -0.4 is 22.9 Å². The van der Waals surface area contributed by atoms with Gasteiger partial charge in [0.1, 0.15) is 0 Å². The van der Waals surface area contributed by atoms with Gasteiger partial charge in [0.2, 0.25) is 0 Å². The normalized spacial score (nSPS) is 7.50. The highest BCUT2D eigenvalue weighted by molar-refractivity contribution is 5.86. The first-order valence-electron chi connectivity index (χ1n) is 8.80. The molecule has 0 atom stereocenters. The minimum atomic E-state index is 0. The van der Waals surface area contributed by atoms with Gasteiger partial charge in [0, 0.05) is 22.7 Å². The Labute approximate surface area is 216 Å². The van der Waals surface area contributed by atoms with E-state index in [-0.39, 0.29) is 49.6 Å². The molecule has 0 heterocycles. The average molecular weight is 518 g/mol. The second-order valence-corrected chi connectivity index (χ2v) is 5.64. The van der Waals surface area contributed by atoms with Gasteiger partial charge in [-0.2, -0.15) is 0 Å². The molecule has 8 N–H and O–H groups in total. The molecule has 0 saturated heterocycles. The highest BCUT2D eigenvalue weighted by atomic mass is 35.5. The van der Waals surface area contributed by atoms with Gasteiger partial charge in [-0.15, -0.1) is 49.6 Å². The summed E-state index contributed by atoms with van der Waals surface area (Å²) in [6.45, 7) is 0. The fraction of sp³-hybridized carbons (Fsp3) is 0. The minimum Gasteiger partial charge on any atom is -0.399 e. The van der Waals surface area contributed by atoms with Gasteiger partial charge < -0.3 is 22.9 Å². The minimum absolute atomic E-state index is 0. The standard InChI is InChI=1S/4C6H7N.4ClH/c4*7-6-4-2-1-3-5-6;;;;/h4*1-5H,7H2;4*1H. The first-order chi connectivity index (χ1) is 13.6. The van der Waals surface area contributed by atoms with Crippen LogP contribution in [0.2, 0.25) is 0 Å². The summed E-state index contributed by atoms with van der Waals surface area (Å²) in [5.41, 5.74) is 24.7. The van der Waals surface area contributed by atoms with Gasteiger partial charge in [0.15, 0.2) is 0 Å². The van der Waals surface area contributed by atoms with Crippen molar-refractivity contribution in [1.82, 2.24) is 0 Å². The Balaban J connectivity index is -0.000000157. The molecule has 0 fully saturated rings. The molecule has 0 unspecified atom stereocenters. The lowest BCUT2D eigenvalue weighted by Gasteiger charge is -1.83. The van der Waals surface area contributed by atoms with E-state index in [1.807, 2.05) is 121 Å². The summed E-state index contributed by atoms with van der Waals surface area (Å²) in [5, 5.41) is 0. The third-order valence-electron chi connectivity index (χ3n) is 3.20. The van der Waals surface area contributed by atoms with Crippen molar-refractivity contribution >= 4 is 72.4 Å². The van der Waals surface area contributed by atoms with E-state index in [0.717, 1.165) is 22.7 Å². The van der Waals surface area contributed by atoms with Crippen molar-refractivity contribution in [2.24, 2.45) is 0 Å². The monoisotopic (exact) mass is 516 g/mol. The van der Waals surface area contributed by atoms with Crippen molar-refractivity contribution in [1.29, 1.82) is 0 Å². The van der Waals surface area contributed by atoms with Gasteiger partial charge in [-0.1, -0.05) is 72.8 Å². The van der Waals surface area contributed by atoms with E-state index in [1.54, 1.807) is 0 Å². The second kappa shape index (κ2) is 24.5. The zero-order valence-electron chi connectivity index (χ0n) is 17.5. The Hall–Kier alpha value is -2.76. The molecule has 0 amide bonds. The Bertz CT molecular complexity index is 704. The maximum atomic E-state index is 5.36. The molecule has 0 bridgehead atoms. The maximum Gasteiger partial charge on any atom is 0.0313 e. The summed E-state index contributed by atoms with van der Waals surface area (Å²) in [6, 6.07) is 37.9. The molecule has 0 aliphatic rings. The molecule has 0 saturated carbocycles. The molecular formula is C24H32Cl4N4. The zero-order chi connectivity index (χ0) is 20.5. The molecule has 0 aliphatic carbocycles. The number of nitrogens with two attached hydrogens (primary N) is 4. The van der Waals surface area contributed by atoms with Crippen LogP contribution in [0.25, 0.3) is 0 Å². The van der Waals surface area contributed by atoms with E-state index in [9.17, 15) is 0 Å². The molecule has 4 rings (SSSR count). The molecule has 0 spiro atoms. The second-order valence-electron chi connectivity index (χ2n) is 5.64. The number of nitrogen functional groups attached to an aromatic ring is 4. The lowest BCUT2D eigenvalue weighted by Crippen LogP contribution is -1.79. The molecular weight excluding hydrogens is 486 g/mol. The summed E-state index contributed by atoms with van der Waals surface area (Å²) >= 11 is 0. The van der Waals surface area contributed by atoms with Crippen molar-refractivity contribution in [3.05, 3.63) is 121 Å². The van der Waals surface area contributed by atoms with Gasteiger partial charge in [-0.25, -0.2) is 0 Å². The first kappa shape index (κ1) is 36.6.